The van der Waals surface area contributed by atoms with E-state index in [-0.39, 0.29) is 5.91 Å². The molecule has 116 valence electrons. The van der Waals surface area contributed by atoms with Gasteiger partial charge in [-0.2, -0.15) is 0 Å². The molecule has 0 radical (unpaired) electrons. The molecule has 22 heavy (non-hydrogen) atoms. The van der Waals surface area contributed by atoms with Gasteiger partial charge in [-0.05, 0) is 48.7 Å². The van der Waals surface area contributed by atoms with Crippen LogP contribution in [-0.4, -0.2) is 5.91 Å². The normalized spacial score (nSPS) is 10.5. The predicted octanol–water partition coefficient (Wildman–Crippen LogP) is 4.12. The SMILES string of the molecule is Nc1ccc(CCCC(=O)Nc2ccc(Cl)cc2Cl)cc1N. The Morgan fingerprint density at radius 2 is 1.82 bits per heavy atom. The minimum absolute atomic E-state index is 0.0901. The Hall–Kier alpha value is -1.91. The van der Waals surface area contributed by atoms with Crippen molar-refractivity contribution in [3.63, 3.8) is 0 Å². The fourth-order valence-corrected chi connectivity index (χ4v) is 2.49. The number of halogens is 2. The molecule has 0 aromatic heterocycles. The molecule has 4 nitrogen and oxygen atoms in total. The molecule has 0 saturated heterocycles. The number of nitrogens with one attached hydrogen (secondary N) is 1. The Morgan fingerprint density at radius 3 is 2.50 bits per heavy atom. The fourth-order valence-electron chi connectivity index (χ4n) is 2.04. The molecular formula is C16H17Cl2N3O. The number of carbonyl (C=O) groups excluding carboxylic acids is 1. The smallest absolute Gasteiger partial charge is 0.224 e. The molecule has 0 aliphatic rings. The topological polar surface area (TPSA) is 81.1 Å². The molecule has 6 heteroatoms. The number of nitrogens with two attached hydrogens (primary N) is 2. The zero-order valence-corrected chi connectivity index (χ0v) is 13.4. The lowest BCUT2D eigenvalue weighted by Crippen LogP contribution is -2.11. The van der Waals surface area contributed by atoms with Gasteiger partial charge in [0.2, 0.25) is 5.91 Å². The molecule has 2 aromatic rings. The van der Waals surface area contributed by atoms with Gasteiger partial charge in [0.05, 0.1) is 22.1 Å². The molecule has 0 unspecified atom stereocenters. The highest BCUT2D eigenvalue weighted by molar-refractivity contribution is 6.36. The summed E-state index contributed by atoms with van der Waals surface area (Å²) in [5, 5.41) is 3.72. The van der Waals surface area contributed by atoms with Crippen molar-refractivity contribution in [1.82, 2.24) is 0 Å². The Morgan fingerprint density at radius 1 is 1.05 bits per heavy atom. The van der Waals surface area contributed by atoms with Gasteiger partial charge < -0.3 is 16.8 Å². The van der Waals surface area contributed by atoms with Crippen LogP contribution in [0.5, 0.6) is 0 Å². The number of benzene rings is 2. The molecule has 2 aromatic carbocycles. The number of rotatable bonds is 5. The molecule has 0 atom stereocenters. The maximum absolute atomic E-state index is 11.9. The van der Waals surface area contributed by atoms with Gasteiger partial charge in [-0.1, -0.05) is 29.3 Å². The lowest BCUT2D eigenvalue weighted by molar-refractivity contribution is -0.116. The van der Waals surface area contributed by atoms with E-state index >= 15 is 0 Å². The number of carbonyl (C=O) groups is 1. The Labute approximate surface area is 139 Å². The van der Waals surface area contributed by atoms with Crippen LogP contribution in [0, 0.1) is 0 Å². The summed E-state index contributed by atoms with van der Waals surface area (Å²) in [5.41, 5.74) is 14.2. The molecule has 0 spiro atoms. The second kappa shape index (κ2) is 7.38. The zero-order chi connectivity index (χ0) is 16.1. The quantitative estimate of drug-likeness (QED) is 0.717. The van der Waals surface area contributed by atoms with Crippen molar-refractivity contribution in [2.24, 2.45) is 0 Å². The number of hydrogen-bond donors (Lipinski definition) is 3. The van der Waals surface area contributed by atoms with Crippen molar-refractivity contribution in [2.75, 3.05) is 16.8 Å². The van der Waals surface area contributed by atoms with Crippen LogP contribution in [0.25, 0.3) is 0 Å². The molecule has 0 saturated carbocycles. The highest BCUT2D eigenvalue weighted by atomic mass is 35.5. The van der Waals surface area contributed by atoms with E-state index in [4.69, 9.17) is 34.7 Å². The van der Waals surface area contributed by atoms with Crippen molar-refractivity contribution >= 4 is 46.2 Å². The summed E-state index contributed by atoms with van der Waals surface area (Å²) in [4.78, 5) is 11.9. The molecule has 0 heterocycles. The third-order valence-electron chi connectivity index (χ3n) is 3.23. The number of aryl methyl sites for hydroxylation is 1. The van der Waals surface area contributed by atoms with Crippen molar-refractivity contribution in [3.05, 3.63) is 52.0 Å². The van der Waals surface area contributed by atoms with Gasteiger partial charge in [0.1, 0.15) is 0 Å². The summed E-state index contributed by atoms with van der Waals surface area (Å²) >= 11 is 11.8. The van der Waals surface area contributed by atoms with Crippen LogP contribution >= 0.6 is 23.2 Å². The van der Waals surface area contributed by atoms with E-state index in [9.17, 15) is 4.79 Å². The lowest BCUT2D eigenvalue weighted by atomic mass is 10.1. The monoisotopic (exact) mass is 337 g/mol. The van der Waals surface area contributed by atoms with Crippen LogP contribution in [0.2, 0.25) is 10.0 Å². The molecular weight excluding hydrogens is 321 g/mol. The maximum Gasteiger partial charge on any atom is 0.224 e. The van der Waals surface area contributed by atoms with Crippen LogP contribution < -0.4 is 16.8 Å². The number of amides is 1. The van der Waals surface area contributed by atoms with Crippen molar-refractivity contribution < 1.29 is 4.79 Å². The van der Waals surface area contributed by atoms with Gasteiger partial charge in [-0.3, -0.25) is 4.79 Å². The second-order valence-corrected chi connectivity index (χ2v) is 5.83. The molecule has 1 amide bonds. The van der Waals surface area contributed by atoms with Gasteiger partial charge in [-0.15, -0.1) is 0 Å². The van der Waals surface area contributed by atoms with Crippen molar-refractivity contribution in [1.29, 1.82) is 0 Å². The molecule has 0 bridgehead atoms. The average Bonchev–Trinajstić information content (AvgIpc) is 2.46. The average molecular weight is 338 g/mol. The first-order valence-electron chi connectivity index (χ1n) is 6.84. The van der Waals surface area contributed by atoms with E-state index in [0.717, 1.165) is 12.0 Å². The van der Waals surface area contributed by atoms with Gasteiger partial charge in [0.15, 0.2) is 0 Å². The molecule has 0 aliphatic carbocycles. The molecule has 0 fully saturated rings. The van der Waals surface area contributed by atoms with E-state index in [0.29, 0.717) is 39.9 Å². The van der Waals surface area contributed by atoms with E-state index in [1.54, 1.807) is 24.3 Å². The Bertz CT molecular complexity index is 689. The van der Waals surface area contributed by atoms with Crippen LogP contribution in [0.3, 0.4) is 0 Å². The van der Waals surface area contributed by atoms with Crippen molar-refractivity contribution in [2.45, 2.75) is 19.3 Å². The third kappa shape index (κ3) is 4.55. The minimum Gasteiger partial charge on any atom is -0.397 e. The van der Waals surface area contributed by atoms with Gasteiger partial charge in [0.25, 0.3) is 0 Å². The summed E-state index contributed by atoms with van der Waals surface area (Å²) in [5.74, 6) is -0.0901. The highest BCUT2D eigenvalue weighted by Crippen LogP contribution is 2.25. The minimum atomic E-state index is -0.0901. The van der Waals surface area contributed by atoms with Gasteiger partial charge in [0, 0.05) is 11.4 Å². The lowest BCUT2D eigenvalue weighted by Gasteiger charge is -2.08. The molecule has 2 rings (SSSR count). The van der Waals surface area contributed by atoms with Crippen LogP contribution in [0.15, 0.2) is 36.4 Å². The highest BCUT2D eigenvalue weighted by Gasteiger charge is 2.07. The standard InChI is InChI=1S/C16H17Cl2N3O/c17-11-5-7-15(12(18)9-11)21-16(22)3-1-2-10-4-6-13(19)14(20)8-10/h4-9H,1-3,19-20H2,(H,21,22). The summed E-state index contributed by atoms with van der Waals surface area (Å²) in [6.07, 6.45) is 1.86. The van der Waals surface area contributed by atoms with Crippen LogP contribution in [0.4, 0.5) is 17.1 Å². The summed E-state index contributed by atoms with van der Waals surface area (Å²) < 4.78 is 0. The van der Waals surface area contributed by atoms with E-state index in [2.05, 4.69) is 5.32 Å². The predicted molar refractivity (Wildman–Crippen MR) is 93.3 cm³/mol. The second-order valence-electron chi connectivity index (χ2n) is 4.99. The van der Waals surface area contributed by atoms with E-state index in [1.165, 1.54) is 0 Å². The number of nitrogen functional groups attached to an aromatic ring is 2. The Balaban J connectivity index is 1.83. The van der Waals surface area contributed by atoms with E-state index in [1.807, 2.05) is 12.1 Å². The maximum atomic E-state index is 11.9. The molecule has 5 N–H and O–H groups in total. The van der Waals surface area contributed by atoms with Crippen molar-refractivity contribution in [3.8, 4) is 0 Å². The number of anilines is 3. The Kier molecular flexibility index (Phi) is 5.52. The van der Waals surface area contributed by atoms with Crippen LogP contribution in [0.1, 0.15) is 18.4 Å². The summed E-state index contributed by atoms with van der Waals surface area (Å²) in [7, 11) is 0. The first kappa shape index (κ1) is 16.5. The first-order valence-corrected chi connectivity index (χ1v) is 7.60. The summed E-state index contributed by atoms with van der Waals surface area (Å²) in [6, 6.07) is 10.5. The van der Waals surface area contributed by atoms with Gasteiger partial charge >= 0.3 is 0 Å². The van der Waals surface area contributed by atoms with E-state index < -0.39 is 0 Å². The number of hydrogen-bond acceptors (Lipinski definition) is 3. The fraction of sp³-hybridized carbons (Fsp3) is 0.188. The largest absolute Gasteiger partial charge is 0.397 e. The third-order valence-corrected chi connectivity index (χ3v) is 3.77. The zero-order valence-electron chi connectivity index (χ0n) is 11.9. The van der Waals surface area contributed by atoms with Crippen LogP contribution in [-0.2, 0) is 11.2 Å². The first-order chi connectivity index (χ1) is 10.5. The van der Waals surface area contributed by atoms with Gasteiger partial charge in [-0.25, -0.2) is 0 Å². The molecule has 0 aliphatic heterocycles. The summed E-state index contributed by atoms with van der Waals surface area (Å²) in [6.45, 7) is 0.